The number of rotatable bonds is 3. The van der Waals surface area contributed by atoms with Gasteiger partial charge in [-0.25, -0.2) is 0 Å². The lowest BCUT2D eigenvalue weighted by Crippen LogP contribution is -2.54. The molecule has 0 radical (unpaired) electrons. The monoisotopic (exact) mass is 349 g/mol. The zero-order valence-electron chi connectivity index (χ0n) is 16.3. The molecule has 1 aliphatic carbocycles. The van der Waals surface area contributed by atoms with Gasteiger partial charge in [-0.15, -0.1) is 0 Å². The molecular formula is C19H31N3O3. The summed E-state index contributed by atoms with van der Waals surface area (Å²) in [6.07, 6.45) is 2.19. The summed E-state index contributed by atoms with van der Waals surface area (Å²) < 4.78 is 0. The highest BCUT2D eigenvalue weighted by Gasteiger charge is 2.61. The molecule has 1 N–H and O–H groups in total. The molecular weight excluding hydrogens is 318 g/mol. The minimum Gasteiger partial charge on any atom is -0.346 e. The maximum absolute atomic E-state index is 12.8. The smallest absolute Gasteiger partial charge is 0.312 e. The average Bonchev–Trinajstić information content (AvgIpc) is 3.05. The van der Waals surface area contributed by atoms with Crippen molar-refractivity contribution in [3.05, 3.63) is 11.6 Å². The van der Waals surface area contributed by atoms with Gasteiger partial charge in [0.05, 0.1) is 5.92 Å². The van der Waals surface area contributed by atoms with E-state index in [1.165, 1.54) is 10.5 Å². The van der Waals surface area contributed by atoms with E-state index in [9.17, 15) is 14.4 Å². The molecule has 6 nitrogen and oxygen atoms in total. The van der Waals surface area contributed by atoms with Crippen LogP contribution in [0.3, 0.4) is 0 Å². The Bertz CT molecular complexity index is 583. The molecule has 2 unspecified atom stereocenters. The third-order valence-corrected chi connectivity index (χ3v) is 5.18. The Morgan fingerprint density at radius 1 is 1.04 bits per heavy atom. The normalized spacial score (nSPS) is 24.8. The van der Waals surface area contributed by atoms with E-state index < -0.39 is 11.8 Å². The molecule has 2 atom stereocenters. The summed E-state index contributed by atoms with van der Waals surface area (Å²) in [5.41, 5.74) is 1.23. The van der Waals surface area contributed by atoms with Crippen molar-refractivity contribution in [2.75, 3.05) is 26.2 Å². The van der Waals surface area contributed by atoms with Gasteiger partial charge in [0.2, 0.25) is 5.91 Å². The summed E-state index contributed by atoms with van der Waals surface area (Å²) in [4.78, 5) is 40.2. The van der Waals surface area contributed by atoms with Crippen LogP contribution in [-0.4, -0.2) is 59.7 Å². The van der Waals surface area contributed by atoms with Crippen LogP contribution in [0, 0.1) is 17.3 Å². The Morgan fingerprint density at radius 2 is 1.56 bits per heavy atom. The summed E-state index contributed by atoms with van der Waals surface area (Å²) in [6.45, 7) is 13.8. The molecule has 1 heterocycles. The van der Waals surface area contributed by atoms with E-state index >= 15 is 0 Å². The van der Waals surface area contributed by atoms with Gasteiger partial charge < -0.3 is 15.1 Å². The SMILES string of the molecule is CC(C)=CC1C(C(=O)N2CCN(C(=O)C(=O)NC(C)C)CC2)C1(C)C. The maximum atomic E-state index is 12.8. The van der Waals surface area contributed by atoms with E-state index in [4.69, 9.17) is 0 Å². The van der Waals surface area contributed by atoms with Crippen molar-refractivity contribution in [2.45, 2.75) is 47.6 Å². The second-order valence-corrected chi connectivity index (χ2v) is 8.31. The zero-order valence-corrected chi connectivity index (χ0v) is 16.3. The first kappa shape index (κ1) is 19.5. The van der Waals surface area contributed by atoms with E-state index in [0.717, 1.165) is 0 Å². The van der Waals surface area contributed by atoms with Gasteiger partial charge in [-0.1, -0.05) is 25.5 Å². The van der Waals surface area contributed by atoms with Crippen LogP contribution < -0.4 is 5.32 Å². The van der Waals surface area contributed by atoms with Crippen LogP contribution in [0.2, 0.25) is 0 Å². The lowest BCUT2D eigenvalue weighted by atomic mass is 10.1. The molecule has 1 saturated carbocycles. The van der Waals surface area contributed by atoms with Crippen LogP contribution in [-0.2, 0) is 14.4 Å². The number of allylic oxidation sites excluding steroid dienone is 2. The minimum atomic E-state index is -0.568. The van der Waals surface area contributed by atoms with E-state index in [1.54, 1.807) is 0 Å². The average molecular weight is 349 g/mol. The highest BCUT2D eigenvalue weighted by atomic mass is 16.2. The van der Waals surface area contributed by atoms with E-state index in [-0.39, 0.29) is 23.3 Å². The number of nitrogens with zero attached hydrogens (tertiary/aromatic N) is 2. The van der Waals surface area contributed by atoms with Crippen molar-refractivity contribution in [1.82, 2.24) is 15.1 Å². The Morgan fingerprint density at radius 3 is 2.04 bits per heavy atom. The summed E-state index contributed by atoms with van der Waals surface area (Å²) in [7, 11) is 0. The fourth-order valence-corrected chi connectivity index (χ4v) is 3.61. The molecule has 0 bridgehead atoms. The van der Waals surface area contributed by atoms with Crippen LogP contribution in [0.5, 0.6) is 0 Å². The molecule has 0 aromatic heterocycles. The molecule has 1 aliphatic heterocycles. The van der Waals surface area contributed by atoms with E-state index in [1.807, 2.05) is 18.7 Å². The second-order valence-electron chi connectivity index (χ2n) is 8.31. The van der Waals surface area contributed by atoms with Crippen molar-refractivity contribution in [3.8, 4) is 0 Å². The van der Waals surface area contributed by atoms with Crippen LogP contribution in [0.1, 0.15) is 41.5 Å². The van der Waals surface area contributed by atoms with Crippen molar-refractivity contribution in [1.29, 1.82) is 0 Å². The molecule has 140 valence electrons. The molecule has 1 saturated heterocycles. The Hall–Kier alpha value is -1.85. The maximum Gasteiger partial charge on any atom is 0.312 e. The summed E-state index contributed by atoms with van der Waals surface area (Å²) in [5.74, 6) is -0.585. The lowest BCUT2D eigenvalue weighted by Gasteiger charge is -2.34. The first-order valence-electron chi connectivity index (χ1n) is 9.09. The number of carbonyl (C=O) groups excluding carboxylic acids is 3. The fourth-order valence-electron chi connectivity index (χ4n) is 3.61. The van der Waals surface area contributed by atoms with Crippen molar-refractivity contribution >= 4 is 17.7 Å². The standard InChI is InChI=1S/C19H31N3O3/c1-12(2)11-14-15(19(14,5)6)17(24)21-7-9-22(10-8-21)18(25)16(23)20-13(3)4/h11,13-15H,7-10H2,1-6H3,(H,20,23). The quantitative estimate of drug-likeness (QED) is 0.619. The Labute approximate surface area is 150 Å². The van der Waals surface area contributed by atoms with E-state index in [0.29, 0.717) is 32.1 Å². The van der Waals surface area contributed by atoms with Crippen LogP contribution >= 0.6 is 0 Å². The Balaban J connectivity index is 1.90. The van der Waals surface area contributed by atoms with E-state index in [2.05, 4.69) is 39.1 Å². The van der Waals surface area contributed by atoms with Crippen LogP contribution in [0.15, 0.2) is 11.6 Å². The van der Waals surface area contributed by atoms with Crippen molar-refractivity contribution in [3.63, 3.8) is 0 Å². The van der Waals surface area contributed by atoms with Gasteiger partial charge in [0.1, 0.15) is 0 Å². The molecule has 2 aliphatic rings. The highest BCUT2D eigenvalue weighted by Crippen LogP contribution is 2.60. The number of carbonyl (C=O) groups is 3. The Kier molecular flexibility index (Phi) is 5.59. The predicted molar refractivity (Wildman–Crippen MR) is 96.6 cm³/mol. The van der Waals surface area contributed by atoms with Gasteiger partial charge in [-0.2, -0.15) is 0 Å². The lowest BCUT2D eigenvalue weighted by molar-refractivity contribution is -0.149. The first-order chi connectivity index (χ1) is 11.6. The minimum absolute atomic E-state index is 0.00153. The number of amides is 3. The molecule has 2 rings (SSSR count). The van der Waals surface area contributed by atoms with Crippen LogP contribution in [0.4, 0.5) is 0 Å². The number of piperazine rings is 1. The van der Waals surface area contributed by atoms with Crippen molar-refractivity contribution in [2.24, 2.45) is 17.3 Å². The summed E-state index contributed by atoms with van der Waals surface area (Å²) in [6, 6.07) is -0.0663. The highest BCUT2D eigenvalue weighted by molar-refractivity contribution is 6.35. The zero-order chi connectivity index (χ0) is 18.9. The molecule has 3 amide bonds. The molecule has 2 fully saturated rings. The van der Waals surface area contributed by atoms with Gasteiger partial charge in [0, 0.05) is 32.2 Å². The topological polar surface area (TPSA) is 69.7 Å². The molecule has 0 spiro atoms. The van der Waals surface area contributed by atoms with Gasteiger partial charge >= 0.3 is 11.8 Å². The van der Waals surface area contributed by atoms with Gasteiger partial charge in [0.25, 0.3) is 0 Å². The van der Waals surface area contributed by atoms with Crippen molar-refractivity contribution < 1.29 is 14.4 Å². The third kappa shape index (κ3) is 4.22. The van der Waals surface area contributed by atoms with Crippen LogP contribution in [0.25, 0.3) is 0 Å². The van der Waals surface area contributed by atoms with Gasteiger partial charge in [0.15, 0.2) is 0 Å². The molecule has 25 heavy (non-hydrogen) atoms. The van der Waals surface area contributed by atoms with Gasteiger partial charge in [-0.05, 0) is 39.0 Å². The fraction of sp³-hybridized carbons (Fsp3) is 0.737. The summed E-state index contributed by atoms with van der Waals surface area (Å²) in [5, 5.41) is 2.62. The number of nitrogens with one attached hydrogen (secondary N) is 1. The summed E-state index contributed by atoms with van der Waals surface area (Å²) >= 11 is 0. The number of hydrogen-bond acceptors (Lipinski definition) is 3. The molecule has 0 aromatic rings. The number of hydrogen-bond donors (Lipinski definition) is 1. The molecule has 6 heteroatoms. The predicted octanol–water partition coefficient (Wildman–Crippen LogP) is 1.42. The van der Waals surface area contributed by atoms with Gasteiger partial charge in [-0.3, -0.25) is 14.4 Å². The second kappa shape index (κ2) is 7.18. The largest absolute Gasteiger partial charge is 0.346 e. The third-order valence-electron chi connectivity index (χ3n) is 5.18. The first-order valence-corrected chi connectivity index (χ1v) is 9.09. The molecule has 0 aromatic carbocycles.